The lowest BCUT2D eigenvalue weighted by Crippen LogP contribution is -2.34. The number of nitrogens with two attached hydrogens (primary N) is 1. The summed E-state index contributed by atoms with van der Waals surface area (Å²) in [4.78, 5) is 0. The van der Waals surface area contributed by atoms with Gasteiger partial charge < -0.3 is 15.2 Å². The molecule has 0 aromatic rings. The van der Waals surface area contributed by atoms with Crippen LogP contribution in [0.4, 0.5) is 0 Å². The van der Waals surface area contributed by atoms with Crippen LogP contribution < -0.4 is 5.73 Å². The van der Waals surface area contributed by atoms with Gasteiger partial charge in [-0.15, -0.1) is 0 Å². The van der Waals surface area contributed by atoms with Crippen molar-refractivity contribution in [3.05, 3.63) is 0 Å². The zero-order chi connectivity index (χ0) is 6.57. The first kappa shape index (κ1) is 7.88. The summed E-state index contributed by atoms with van der Waals surface area (Å²) in [5.41, 5.74) is 5.41. The molecule has 1 atom stereocenters. The van der Waals surface area contributed by atoms with Crippen LogP contribution in [0, 0.1) is 0 Å². The molecule has 0 aliphatic carbocycles. The fourth-order valence-electron chi connectivity index (χ4n) is 0.526. The Morgan fingerprint density at radius 1 is 1.25 bits per heavy atom. The molecule has 0 amide bonds. The molecule has 50 valence electrons. The Hall–Kier alpha value is -0.120. The smallest absolute Gasteiger partial charge is 0.171 e. The maximum Gasteiger partial charge on any atom is 0.171 e. The van der Waals surface area contributed by atoms with Crippen molar-refractivity contribution in [2.24, 2.45) is 5.73 Å². The van der Waals surface area contributed by atoms with E-state index in [0.29, 0.717) is 0 Å². The highest BCUT2D eigenvalue weighted by molar-refractivity contribution is 4.55. The van der Waals surface area contributed by atoms with Crippen LogP contribution in [-0.4, -0.2) is 26.6 Å². The standard InChI is InChI=1S/C5H13NO2/c1-4(6)5(7-2)8-3/h4-5H,6H2,1-3H3/t4-/m1/s1. The highest BCUT2D eigenvalue weighted by Gasteiger charge is 2.08. The molecule has 0 fully saturated rings. The van der Waals surface area contributed by atoms with Crippen molar-refractivity contribution >= 4 is 0 Å². The monoisotopic (exact) mass is 119 g/mol. The van der Waals surface area contributed by atoms with Gasteiger partial charge >= 0.3 is 0 Å². The Morgan fingerprint density at radius 3 is 1.62 bits per heavy atom. The minimum Gasteiger partial charge on any atom is -0.354 e. The summed E-state index contributed by atoms with van der Waals surface area (Å²) >= 11 is 0. The fourth-order valence-corrected chi connectivity index (χ4v) is 0.526. The average molecular weight is 119 g/mol. The van der Waals surface area contributed by atoms with Crippen LogP contribution in [0.2, 0.25) is 0 Å². The molecule has 0 unspecified atom stereocenters. The van der Waals surface area contributed by atoms with E-state index in [1.807, 2.05) is 6.92 Å². The van der Waals surface area contributed by atoms with E-state index in [9.17, 15) is 0 Å². The van der Waals surface area contributed by atoms with E-state index in [4.69, 9.17) is 15.2 Å². The van der Waals surface area contributed by atoms with Gasteiger partial charge in [-0.3, -0.25) is 0 Å². The molecular weight excluding hydrogens is 106 g/mol. The minimum absolute atomic E-state index is 0.0648. The fraction of sp³-hybridized carbons (Fsp3) is 1.00. The predicted molar refractivity (Wildman–Crippen MR) is 31.5 cm³/mol. The summed E-state index contributed by atoms with van der Waals surface area (Å²) < 4.78 is 9.63. The number of hydrogen-bond donors (Lipinski definition) is 1. The van der Waals surface area contributed by atoms with E-state index in [1.165, 1.54) is 0 Å². The Kier molecular flexibility index (Phi) is 3.77. The normalized spacial score (nSPS) is 14.6. The molecule has 0 saturated heterocycles. The Labute approximate surface area is 49.8 Å². The summed E-state index contributed by atoms with van der Waals surface area (Å²) in [5.74, 6) is 0. The van der Waals surface area contributed by atoms with Gasteiger partial charge in [-0.1, -0.05) is 0 Å². The molecule has 0 saturated carbocycles. The second-order valence-corrected chi connectivity index (χ2v) is 1.70. The highest BCUT2D eigenvalue weighted by Crippen LogP contribution is 1.93. The molecule has 0 aliphatic heterocycles. The van der Waals surface area contributed by atoms with Crippen LogP contribution in [0.5, 0.6) is 0 Å². The molecule has 0 aromatic carbocycles. The van der Waals surface area contributed by atoms with Crippen molar-refractivity contribution in [3.8, 4) is 0 Å². The first-order chi connectivity index (χ1) is 3.72. The van der Waals surface area contributed by atoms with E-state index in [1.54, 1.807) is 14.2 Å². The van der Waals surface area contributed by atoms with Crippen LogP contribution >= 0.6 is 0 Å². The molecule has 3 heteroatoms. The molecule has 3 nitrogen and oxygen atoms in total. The molecule has 0 rings (SSSR count). The average Bonchev–Trinajstić information content (AvgIpc) is 1.69. The third-order valence-corrected chi connectivity index (χ3v) is 0.894. The summed E-state index contributed by atoms with van der Waals surface area (Å²) in [5, 5.41) is 0. The first-order valence-corrected chi connectivity index (χ1v) is 2.53. The van der Waals surface area contributed by atoms with Crippen LogP contribution in [-0.2, 0) is 9.47 Å². The van der Waals surface area contributed by atoms with E-state index in [0.717, 1.165) is 0 Å². The van der Waals surface area contributed by atoms with Crippen molar-refractivity contribution < 1.29 is 9.47 Å². The van der Waals surface area contributed by atoms with E-state index in [2.05, 4.69) is 0 Å². The third kappa shape index (κ3) is 2.26. The molecule has 0 aliphatic rings. The zero-order valence-corrected chi connectivity index (χ0v) is 5.55. The van der Waals surface area contributed by atoms with Crippen molar-refractivity contribution in [3.63, 3.8) is 0 Å². The summed E-state index contributed by atoms with van der Waals surface area (Å²) in [7, 11) is 3.13. The number of hydrogen-bond acceptors (Lipinski definition) is 3. The first-order valence-electron chi connectivity index (χ1n) is 2.53. The second kappa shape index (κ2) is 3.83. The maximum absolute atomic E-state index is 5.41. The van der Waals surface area contributed by atoms with E-state index >= 15 is 0 Å². The molecule has 0 bridgehead atoms. The summed E-state index contributed by atoms with van der Waals surface area (Å²) in [6, 6.07) is -0.0648. The third-order valence-electron chi connectivity index (χ3n) is 0.894. The lowest BCUT2D eigenvalue weighted by Gasteiger charge is -2.15. The maximum atomic E-state index is 5.41. The van der Waals surface area contributed by atoms with Gasteiger partial charge in [0, 0.05) is 14.2 Å². The zero-order valence-electron chi connectivity index (χ0n) is 5.55. The Bertz CT molecular complexity index is 52.4. The van der Waals surface area contributed by atoms with Crippen molar-refractivity contribution in [2.75, 3.05) is 14.2 Å². The topological polar surface area (TPSA) is 44.5 Å². The molecular formula is C5H13NO2. The lowest BCUT2D eigenvalue weighted by molar-refractivity contribution is -0.112. The molecule has 0 radical (unpaired) electrons. The molecule has 0 aromatic heterocycles. The van der Waals surface area contributed by atoms with E-state index < -0.39 is 0 Å². The highest BCUT2D eigenvalue weighted by atomic mass is 16.7. The van der Waals surface area contributed by atoms with Crippen molar-refractivity contribution in [1.82, 2.24) is 0 Å². The number of ether oxygens (including phenoxy) is 2. The number of rotatable bonds is 3. The second-order valence-electron chi connectivity index (χ2n) is 1.70. The van der Waals surface area contributed by atoms with Gasteiger partial charge in [0.15, 0.2) is 6.29 Å². The van der Waals surface area contributed by atoms with Crippen molar-refractivity contribution in [2.45, 2.75) is 19.3 Å². The predicted octanol–water partition coefficient (Wildman–Crippen LogP) is -0.0475. The SMILES string of the molecule is COC(OC)[C@@H](C)N. The minimum atomic E-state index is -0.269. The van der Waals surface area contributed by atoms with Gasteiger partial charge in [0.1, 0.15) is 0 Å². The van der Waals surface area contributed by atoms with Crippen molar-refractivity contribution in [1.29, 1.82) is 0 Å². The van der Waals surface area contributed by atoms with Crippen LogP contribution in [0.15, 0.2) is 0 Å². The molecule has 0 spiro atoms. The molecule has 0 heterocycles. The lowest BCUT2D eigenvalue weighted by atomic mass is 10.3. The van der Waals surface area contributed by atoms with Gasteiger partial charge in [0.2, 0.25) is 0 Å². The van der Waals surface area contributed by atoms with Gasteiger partial charge in [-0.2, -0.15) is 0 Å². The summed E-state index contributed by atoms with van der Waals surface area (Å²) in [6.07, 6.45) is -0.269. The molecule has 8 heavy (non-hydrogen) atoms. The van der Waals surface area contributed by atoms with Crippen LogP contribution in [0.1, 0.15) is 6.92 Å². The van der Waals surface area contributed by atoms with Gasteiger partial charge in [-0.05, 0) is 6.92 Å². The summed E-state index contributed by atoms with van der Waals surface area (Å²) in [6.45, 7) is 1.83. The Balaban J connectivity index is 3.35. The van der Waals surface area contributed by atoms with Crippen LogP contribution in [0.3, 0.4) is 0 Å². The largest absolute Gasteiger partial charge is 0.354 e. The van der Waals surface area contributed by atoms with Gasteiger partial charge in [0.25, 0.3) is 0 Å². The number of methoxy groups -OCH3 is 2. The van der Waals surface area contributed by atoms with Gasteiger partial charge in [-0.25, -0.2) is 0 Å². The van der Waals surface area contributed by atoms with Gasteiger partial charge in [0.05, 0.1) is 6.04 Å². The molecule has 2 N–H and O–H groups in total. The quantitative estimate of drug-likeness (QED) is 0.530. The van der Waals surface area contributed by atoms with E-state index in [-0.39, 0.29) is 12.3 Å². The van der Waals surface area contributed by atoms with Crippen LogP contribution in [0.25, 0.3) is 0 Å². The Morgan fingerprint density at radius 2 is 1.62 bits per heavy atom.